The largest absolute Gasteiger partial charge is 0.352 e. The highest BCUT2D eigenvalue weighted by Crippen LogP contribution is 2.26. The number of nitrogens with one attached hydrogen (secondary N) is 1. The second-order valence-corrected chi connectivity index (χ2v) is 13.6. The Morgan fingerprint density at radius 1 is 0.756 bits per heavy atom. The van der Waals surface area contributed by atoms with Crippen LogP contribution in [0.4, 0.5) is 5.69 Å². The van der Waals surface area contributed by atoms with Crippen LogP contribution in [-0.2, 0) is 32.6 Å². The van der Waals surface area contributed by atoms with Gasteiger partial charge in [-0.25, -0.2) is 8.42 Å². The normalized spacial score (nSPS) is 12.6. The molecular formula is C37H43N3O4S. The van der Waals surface area contributed by atoms with Gasteiger partial charge in [0.2, 0.25) is 11.8 Å². The number of carbonyl (C=O) groups excluding carboxylic acids is 2. The molecule has 4 aromatic carbocycles. The lowest BCUT2D eigenvalue weighted by Gasteiger charge is -2.34. The van der Waals surface area contributed by atoms with Crippen LogP contribution in [0.15, 0.2) is 108 Å². The molecule has 0 spiro atoms. The fourth-order valence-corrected chi connectivity index (χ4v) is 6.49. The van der Waals surface area contributed by atoms with Gasteiger partial charge in [-0.05, 0) is 69.5 Å². The van der Waals surface area contributed by atoms with Crippen molar-refractivity contribution in [1.82, 2.24) is 10.2 Å². The van der Waals surface area contributed by atoms with Crippen molar-refractivity contribution in [3.63, 3.8) is 0 Å². The zero-order valence-electron chi connectivity index (χ0n) is 26.7. The van der Waals surface area contributed by atoms with Crippen LogP contribution >= 0.6 is 0 Å². The van der Waals surface area contributed by atoms with Crippen molar-refractivity contribution in [3.8, 4) is 0 Å². The average molecular weight is 626 g/mol. The number of benzene rings is 4. The molecule has 0 bridgehead atoms. The number of nitrogens with zero attached hydrogens (tertiary/aromatic N) is 2. The molecule has 0 aliphatic carbocycles. The minimum Gasteiger partial charge on any atom is -0.352 e. The molecule has 1 N–H and O–H groups in total. The van der Waals surface area contributed by atoms with Gasteiger partial charge in [0, 0.05) is 19.0 Å². The predicted molar refractivity (Wildman–Crippen MR) is 180 cm³/mol. The maximum absolute atomic E-state index is 14.5. The van der Waals surface area contributed by atoms with Gasteiger partial charge in [-0.15, -0.1) is 0 Å². The summed E-state index contributed by atoms with van der Waals surface area (Å²) >= 11 is 0. The number of sulfonamides is 1. The first-order chi connectivity index (χ1) is 21.5. The van der Waals surface area contributed by atoms with Crippen molar-refractivity contribution < 1.29 is 18.0 Å². The van der Waals surface area contributed by atoms with Gasteiger partial charge in [0.15, 0.2) is 0 Å². The lowest BCUT2D eigenvalue weighted by molar-refractivity contribution is -0.140. The lowest BCUT2D eigenvalue weighted by atomic mass is 10.0. The van der Waals surface area contributed by atoms with Crippen LogP contribution in [0.2, 0.25) is 0 Å². The maximum Gasteiger partial charge on any atom is 0.264 e. The summed E-state index contributed by atoms with van der Waals surface area (Å²) in [6.45, 7) is 9.35. The topological polar surface area (TPSA) is 86.8 Å². The quantitative estimate of drug-likeness (QED) is 0.187. The van der Waals surface area contributed by atoms with E-state index in [2.05, 4.69) is 5.32 Å². The first kappa shape index (κ1) is 33.5. The first-order valence-corrected chi connectivity index (χ1v) is 16.8. The van der Waals surface area contributed by atoms with Gasteiger partial charge in [-0.1, -0.05) is 102 Å². The third-order valence-corrected chi connectivity index (χ3v) is 9.71. The summed E-state index contributed by atoms with van der Waals surface area (Å²) < 4.78 is 29.4. The second-order valence-electron chi connectivity index (χ2n) is 11.7. The minimum absolute atomic E-state index is 0.0852. The fraction of sp³-hybridized carbons (Fsp3) is 0.297. The van der Waals surface area contributed by atoms with Crippen molar-refractivity contribution >= 4 is 27.5 Å². The van der Waals surface area contributed by atoms with E-state index in [0.29, 0.717) is 5.69 Å². The van der Waals surface area contributed by atoms with Gasteiger partial charge in [-0.3, -0.25) is 13.9 Å². The van der Waals surface area contributed by atoms with Crippen molar-refractivity contribution in [2.24, 2.45) is 0 Å². The number of anilines is 1. The first-order valence-electron chi connectivity index (χ1n) is 15.3. The monoisotopic (exact) mass is 625 g/mol. The highest BCUT2D eigenvalue weighted by molar-refractivity contribution is 7.92. The smallest absolute Gasteiger partial charge is 0.264 e. The lowest BCUT2D eigenvalue weighted by Crippen LogP contribution is -2.54. The summed E-state index contributed by atoms with van der Waals surface area (Å²) in [5.41, 5.74) is 5.02. The summed E-state index contributed by atoms with van der Waals surface area (Å²) in [5.74, 6) is -0.759. The molecular weight excluding hydrogens is 582 g/mol. The number of rotatable bonds is 13. The van der Waals surface area contributed by atoms with Gasteiger partial charge in [0.05, 0.1) is 10.6 Å². The van der Waals surface area contributed by atoms with E-state index in [4.69, 9.17) is 0 Å². The molecule has 2 amide bonds. The Hall–Kier alpha value is -4.43. The zero-order valence-corrected chi connectivity index (χ0v) is 27.6. The molecule has 45 heavy (non-hydrogen) atoms. The van der Waals surface area contributed by atoms with Crippen LogP contribution in [0, 0.1) is 20.8 Å². The third-order valence-electron chi connectivity index (χ3n) is 7.92. The molecule has 7 nitrogen and oxygen atoms in total. The SMILES string of the molecule is CC[C@@H](C)NC(=O)[C@H](Cc1ccccc1)N(Cc1cccc(C)c1)C(=O)CN(c1ccc(C)cc1)S(=O)(=O)c1ccc(C)cc1. The molecule has 0 radical (unpaired) electrons. The van der Waals surface area contributed by atoms with E-state index < -0.39 is 28.5 Å². The van der Waals surface area contributed by atoms with Crippen molar-refractivity contribution in [2.45, 2.75) is 71.0 Å². The Labute approximate surface area is 268 Å². The number of carbonyl (C=O) groups is 2. The van der Waals surface area contributed by atoms with E-state index in [-0.39, 0.29) is 29.8 Å². The molecule has 0 unspecified atom stereocenters. The second kappa shape index (κ2) is 15.0. The minimum atomic E-state index is -4.13. The van der Waals surface area contributed by atoms with Gasteiger partial charge in [0.1, 0.15) is 12.6 Å². The Bertz CT molecular complexity index is 1690. The Morgan fingerprint density at radius 2 is 1.36 bits per heavy atom. The van der Waals surface area contributed by atoms with E-state index in [1.807, 2.05) is 101 Å². The molecule has 8 heteroatoms. The standard InChI is InChI=1S/C37H43N3O4S/c1-6-30(5)38-37(42)35(24-31-12-8-7-9-13-31)39(25-32-14-10-11-29(4)23-32)36(41)26-40(33-19-15-27(2)16-20-33)45(43,44)34-21-17-28(3)18-22-34/h7-23,30,35H,6,24-26H2,1-5H3,(H,38,42)/t30-,35+/m1/s1. The van der Waals surface area contributed by atoms with Crippen LogP contribution < -0.4 is 9.62 Å². The number of hydrogen-bond acceptors (Lipinski definition) is 4. The third kappa shape index (κ3) is 8.82. The van der Waals surface area contributed by atoms with E-state index in [9.17, 15) is 18.0 Å². The molecule has 0 aromatic heterocycles. The van der Waals surface area contributed by atoms with E-state index in [1.165, 1.54) is 4.90 Å². The molecule has 0 heterocycles. The molecule has 4 aromatic rings. The van der Waals surface area contributed by atoms with Crippen LogP contribution in [0.3, 0.4) is 0 Å². The van der Waals surface area contributed by atoms with Gasteiger partial charge in [0.25, 0.3) is 10.0 Å². The number of aryl methyl sites for hydroxylation is 3. The Balaban J connectivity index is 1.80. The molecule has 0 saturated heterocycles. The Kier molecular flexibility index (Phi) is 11.2. The van der Waals surface area contributed by atoms with E-state index in [1.54, 1.807) is 36.4 Å². The zero-order chi connectivity index (χ0) is 32.6. The van der Waals surface area contributed by atoms with Gasteiger partial charge in [-0.2, -0.15) is 0 Å². The molecule has 236 valence electrons. The van der Waals surface area contributed by atoms with Gasteiger partial charge >= 0.3 is 0 Å². The average Bonchev–Trinajstić information content (AvgIpc) is 3.02. The molecule has 4 rings (SSSR count). The van der Waals surface area contributed by atoms with Crippen LogP contribution in [0.5, 0.6) is 0 Å². The number of amides is 2. The summed E-state index contributed by atoms with van der Waals surface area (Å²) in [6.07, 6.45) is 1.00. The van der Waals surface area contributed by atoms with Crippen molar-refractivity contribution in [2.75, 3.05) is 10.8 Å². The Morgan fingerprint density at radius 3 is 1.96 bits per heavy atom. The summed E-state index contributed by atoms with van der Waals surface area (Å²) in [6, 6.07) is 30.0. The van der Waals surface area contributed by atoms with Crippen LogP contribution in [0.1, 0.15) is 48.1 Å². The molecule has 2 atom stereocenters. The van der Waals surface area contributed by atoms with Crippen molar-refractivity contribution in [1.29, 1.82) is 0 Å². The molecule has 0 aliphatic heterocycles. The molecule has 0 aliphatic rings. The van der Waals surface area contributed by atoms with Crippen LogP contribution in [-0.4, -0.2) is 43.8 Å². The highest BCUT2D eigenvalue weighted by atomic mass is 32.2. The predicted octanol–water partition coefficient (Wildman–Crippen LogP) is 6.36. The number of hydrogen-bond donors (Lipinski definition) is 1. The molecule has 0 fully saturated rings. The van der Waals surface area contributed by atoms with Crippen LogP contribution in [0.25, 0.3) is 0 Å². The summed E-state index contributed by atoms with van der Waals surface area (Å²) in [7, 11) is -4.13. The molecule has 0 saturated carbocycles. The highest BCUT2D eigenvalue weighted by Gasteiger charge is 2.35. The summed E-state index contributed by atoms with van der Waals surface area (Å²) in [4.78, 5) is 30.1. The fourth-order valence-electron chi connectivity index (χ4n) is 5.08. The van der Waals surface area contributed by atoms with Crippen molar-refractivity contribution in [3.05, 3.63) is 131 Å². The van der Waals surface area contributed by atoms with Gasteiger partial charge < -0.3 is 10.2 Å². The van der Waals surface area contributed by atoms with E-state index in [0.717, 1.165) is 38.5 Å². The maximum atomic E-state index is 14.5. The summed E-state index contributed by atoms with van der Waals surface area (Å²) in [5, 5.41) is 3.07. The van der Waals surface area contributed by atoms with E-state index >= 15 is 0 Å².